The first-order chi connectivity index (χ1) is 32.0. The number of rotatable bonds is 9. The molecule has 0 amide bonds. The normalized spacial score (nSPS) is 13.2. The molecule has 2 aromatic heterocycles. The number of fused-ring (bicyclic) bond motifs is 4. The summed E-state index contributed by atoms with van der Waals surface area (Å²) in [5, 5.41) is 2.23. The minimum absolute atomic E-state index is 0. The van der Waals surface area contributed by atoms with Gasteiger partial charge < -0.3 is 19.1 Å². The van der Waals surface area contributed by atoms with E-state index in [0.717, 1.165) is 55.9 Å². The summed E-state index contributed by atoms with van der Waals surface area (Å²) in [6.07, 6.45) is 1.91. The molecule has 0 atom stereocenters. The van der Waals surface area contributed by atoms with Crippen molar-refractivity contribution in [2.75, 3.05) is 9.80 Å². The molecule has 5 nitrogen and oxygen atoms in total. The molecular formula is C62H59N4OPt-3. The van der Waals surface area contributed by atoms with Gasteiger partial charge in [0.25, 0.3) is 0 Å². The second-order valence-electron chi connectivity index (χ2n) is 21.2. The van der Waals surface area contributed by atoms with Crippen molar-refractivity contribution in [1.82, 2.24) is 9.55 Å². The molecule has 0 saturated heterocycles. The average molecular weight is 1070 g/mol. The Labute approximate surface area is 417 Å². The van der Waals surface area contributed by atoms with Crippen molar-refractivity contribution in [1.29, 1.82) is 0 Å². The zero-order valence-corrected chi connectivity index (χ0v) is 43.0. The molecule has 0 aliphatic carbocycles. The van der Waals surface area contributed by atoms with Crippen molar-refractivity contribution < 1.29 is 25.8 Å². The van der Waals surface area contributed by atoms with Gasteiger partial charge in [0.05, 0.1) is 0 Å². The van der Waals surface area contributed by atoms with Gasteiger partial charge in [0.1, 0.15) is 5.82 Å². The summed E-state index contributed by atoms with van der Waals surface area (Å²) in [5.41, 5.74) is 12.8. The Morgan fingerprint density at radius 1 is 0.471 bits per heavy atom. The summed E-state index contributed by atoms with van der Waals surface area (Å²) >= 11 is 0. The van der Waals surface area contributed by atoms with Crippen molar-refractivity contribution in [3.8, 4) is 17.3 Å². The third kappa shape index (κ3) is 8.56. The zero-order chi connectivity index (χ0) is 46.9. The predicted molar refractivity (Wildman–Crippen MR) is 279 cm³/mol. The molecule has 0 fully saturated rings. The fraction of sp³-hybridized carbons (Fsp3) is 0.226. The molecule has 9 aromatic rings. The maximum atomic E-state index is 6.98. The molecule has 1 aliphatic rings. The van der Waals surface area contributed by atoms with E-state index in [-0.39, 0.29) is 42.7 Å². The van der Waals surface area contributed by atoms with E-state index in [0.29, 0.717) is 11.5 Å². The van der Waals surface area contributed by atoms with Gasteiger partial charge in [-0.1, -0.05) is 172 Å². The molecule has 0 saturated carbocycles. The van der Waals surface area contributed by atoms with Gasteiger partial charge in [-0.3, -0.25) is 0 Å². The van der Waals surface area contributed by atoms with E-state index < -0.39 is 0 Å². The van der Waals surface area contributed by atoms with Gasteiger partial charge in [0.15, 0.2) is 0 Å². The first-order valence-electron chi connectivity index (χ1n) is 23.4. The molecule has 0 bridgehead atoms. The summed E-state index contributed by atoms with van der Waals surface area (Å²) in [4.78, 5) is 9.52. The first-order valence-corrected chi connectivity index (χ1v) is 23.4. The minimum atomic E-state index is -0.372. The molecule has 0 unspecified atom stereocenters. The monoisotopic (exact) mass is 1070 g/mol. The van der Waals surface area contributed by atoms with Crippen LogP contribution >= 0.6 is 0 Å². The van der Waals surface area contributed by atoms with Gasteiger partial charge in [-0.25, -0.2) is 4.98 Å². The third-order valence-electron chi connectivity index (χ3n) is 13.9. The summed E-state index contributed by atoms with van der Waals surface area (Å²) < 4.78 is 9.19. The number of nitrogens with zero attached hydrogens (tertiary/aromatic N) is 4. The van der Waals surface area contributed by atoms with Crippen LogP contribution in [0, 0.1) is 18.8 Å². The molecule has 1 aliphatic heterocycles. The van der Waals surface area contributed by atoms with Crippen LogP contribution in [-0.2, 0) is 42.7 Å². The van der Waals surface area contributed by atoms with Crippen LogP contribution in [0.2, 0.25) is 0 Å². The van der Waals surface area contributed by atoms with E-state index in [1.165, 1.54) is 27.8 Å². The van der Waals surface area contributed by atoms with Crippen LogP contribution in [0.4, 0.5) is 22.7 Å². The second kappa shape index (κ2) is 17.6. The molecule has 7 aromatic carbocycles. The average Bonchev–Trinajstić information content (AvgIpc) is 3.87. The van der Waals surface area contributed by atoms with Crippen LogP contribution in [0.15, 0.2) is 170 Å². The Kier molecular flexibility index (Phi) is 12.1. The Hall–Kier alpha value is -6.42. The smallest absolute Gasteiger partial charge is 0.135 e. The van der Waals surface area contributed by atoms with Gasteiger partial charge in [0, 0.05) is 66.8 Å². The predicted octanol–water partition coefficient (Wildman–Crippen LogP) is 16.2. The molecule has 3 heterocycles. The van der Waals surface area contributed by atoms with Gasteiger partial charge in [-0.2, -0.15) is 6.07 Å². The van der Waals surface area contributed by atoms with Crippen molar-refractivity contribution in [3.63, 3.8) is 0 Å². The van der Waals surface area contributed by atoms with Gasteiger partial charge in [-0.05, 0) is 91.9 Å². The van der Waals surface area contributed by atoms with Crippen LogP contribution in [0.3, 0.4) is 0 Å². The fourth-order valence-corrected chi connectivity index (χ4v) is 9.48. The molecule has 6 heteroatoms. The van der Waals surface area contributed by atoms with E-state index in [1.54, 1.807) is 0 Å². The summed E-state index contributed by atoms with van der Waals surface area (Å²) in [6, 6.07) is 66.2. The number of hydrogen-bond donors (Lipinski definition) is 0. The van der Waals surface area contributed by atoms with Crippen molar-refractivity contribution in [2.24, 2.45) is 0 Å². The van der Waals surface area contributed by atoms with Crippen LogP contribution in [-0.4, -0.2) is 9.55 Å². The number of aromatic nitrogens is 2. The largest absolute Gasteiger partial charge is 0.509 e. The van der Waals surface area contributed by atoms with Gasteiger partial charge in [-0.15, -0.1) is 53.6 Å². The summed E-state index contributed by atoms with van der Waals surface area (Å²) in [6.45, 7) is 24.9. The van der Waals surface area contributed by atoms with Crippen molar-refractivity contribution >= 4 is 44.6 Å². The summed E-state index contributed by atoms with van der Waals surface area (Å²) in [5.74, 6) is 2.05. The minimum Gasteiger partial charge on any atom is -0.509 e. The SMILES string of the molecule is CC(C)(C)c1ccnc(-n2c3[c-]c(Oc4[c-]c(N5[CH-]N(c6cccc(C(C)(C)c7ccccc7)c6)c6cc(C(C)(C)C)ccc65)cc(C(C)(C)c5ccccc5)c4)ccc3c3ccccc32)c1.[Pt]. The van der Waals surface area contributed by atoms with E-state index in [9.17, 15) is 0 Å². The van der Waals surface area contributed by atoms with Crippen LogP contribution in [0.5, 0.6) is 11.5 Å². The van der Waals surface area contributed by atoms with Crippen molar-refractivity contribution in [3.05, 3.63) is 222 Å². The number of hydrogen-bond acceptors (Lipinski definition) is 4. The van der Waals surface area contributed by atoms with E-state index in [2.05, 4.69) is 260 Å². The first kappa shape index (κ1) is 46.7. The zero-order valence-electron chi connectivity index (χ0n) is 40.8. The van der Waals surface area contributed by atoms with E-state index in [4.69, 9.17) is 9.72 Å². The topological polar surface area (TPSA) is 33.5 Å². The third-order valence-corrected chi connectivity index (χ3v) is 13.9. The van der Waals surface area contributed by atoms with E-state index in [1.807, 2.05) is 12.3 Å². The van der Waals surface area contributed by atoms with Crippen LogP contribution in [0.25, 0.3) is 27.6 Å². The number of pyridine rings is 1. The molecule has 10 rings (SSSR count). The molecule has 0 radical (unpaired) electrons. The quantitative estimate of drug-likeness (QED) is 0.135. The van der Waals surface area contributed by atoms with Crippen LogP contribution < -0.4 is 14.5 Å². The number of benzene rings is 7. The Morgan fingerprint density at radius 3 is 1.79 bits per heavy atom. The van der Waals surface area contributed by atoms with E-state index >= 15 is 0 Å². The second-order valence-corrected chi connectivity index (χ2v) is 21.2. The number of para-hydroxylation sites is 1. The molecule has 68 heavy (non-hydrogen) atoms. The molecule has 0 N–H and O–H groups in total. The maximum Gasteiger partial charge on any atom is 0.135 e. The fourth-order valence-electron chi connectivity index (χ4n) is 9.48. The molecule has 346 valence electrons. The van der Waals surface area contributed by atoms with Crippen LogP contribution in [0.1, 0.15) is 103 Å². The Bertz CT molecular complexity index is 3280. The molecule has 0 spiro atoms. The van der Waals surface area contributed by atoms with Crippen molar-refractivity contribution in [2.45, 2.75) is 90.9 Å². The standard InChI is InChI=1S/C62H59N4O.Pt/c1-59(2,3)44-28-31-55-57(37-44)64(48-25-19-24-46(34-48)61(7,8)42-20-13-11-14-21-42)41-65(55)49-35-47(62(9,10)43-22-15-12-16-23-43)36-51(39-49)67-50-29-30-53-52-26-17-18-27-54(52)66(56(53)40-50)58-38-45(32-33-63-58)60(4,5)6;/h11-38,41H,1-10H3;/q-3;. The number of ether oxygens (including phenoxy) is 1. The van der Waals surface area contributed by atoms with Gasteiger partial charge >= 0.3 is 0 Å². The Balaban J connectivity index is 0.00000578. The Morgan fingerprint density at radius 2 is 1.10 bits per heavy atom. The number of anilines is 4. The summed E-state index contributed by atoms with van der Waals surface area (Å²) in [7, 11) is 0. The molecular weight excluding hydrogens is 1010 g/mol. The maximum absolute atomic E-state index is 6.98. The van der Waals surface area contributed by atoms with Gasteiger partial charge in [0.2, 0.25) is 0 Å².